The van der Waals surface area contributed by atoms with Crippen LogP contribution in [-0.4, -0.2) is 57.9 Å². The minimum atomic E-state index is 0. The molecule has 1 aromatic rings. The number of methoxy groups -OCH3 is 1. The van der Waals surface area contributed by atoms with E-state index in [4.69, 9.17) is 9.47 Å². The lowest BCUT2D eigenvalue weighted by molar-refractivity contribution is 0.0511. The predicted octanol–water partition coefficient (Wildman–Crippen LogP) is 4.59. The lowest BCUT2D eigenvalue weighted by atomic mass is 9.73. The Hall–Kier alpha value is -1.02. The number of nitrogens with one attached hydrogen (secondary N) is 1. The summed E-state index contributed by atoms with van der Waals surface area (Å²) in [5.74, 6) is 1.99. The summed E-state index contributed by atoms with van der Waals surface area (Å²) in [7, 11) is 3.65. The highest BCUT2D eigenvalue weighted by Crippen LogP contribution is 2.43. The zero-order valence-corrected chi connectivity index (χ0v) is 21.0. The van der Waals surface area contributed by atoms with Crippen molar-refractivity contribution in [1.29, 1.82) is 0 Å². The Labute approximate surface area is 199 Å². The van der Waals surface area contributed by atoms with Crippen LogP contribution in [0.5, 0.6) is 5.75 Å². The number of nitrogens with zero attached hydrogens (tertiary/aromatic N) is 2. The third-order valence-electron chi connectivity index (χ3n) is 7.60. The number of hydrogen-bond donors (Lipinski definition) is 1. The molecule has 0 amide bonds. The van der Waals surface area contributed by atoms with Crippen LogP contribution in [0.4, 0.5) is 0 Å². The van der Waals surface area contributed by atoms with Crippen LogP contribution in [0.1, 0.15) is 56.9 Å². The van der Waals surface area contributed by atoms with Gasteiger partial charge in [-0.15, -0.1) is 24.0 Å². The second-order valence-corrected chi connectivity index (χ2v) is 9.25. The van der Waals surface area contributed by atoms with Crippen molar-refractivity contribution in [3.63, 3.8) is 0 Å². The maximum atomic E-state index is 5.71. The fraction of sp³-hybridized carbons (Fsp3) is 0.708. The Kier molecular flexibility index (Phi) is 8.30. The van der Waals surface area contributed by atoms with Gasteiger partial charge in [-0.05, 0) is 55.2 Å². The molecule has 1 aromatic carbocycles. The number of ether oxygens (including phenoxy) is 2. The zero-order valence-electron chi connectivity index (χ0n) is 18.6. The molecule has 0 radical (unpaired) electrons. The van der Waals surface area contributed by atoms with E-state index >= 15 is 0 Å². The summed E-state index contributed by atoms with van der Waals surface area (Å²) in [6.45, 7) is 4.85. The Bertz CT molecular complexity index is 695. The Morgan fingerprint density at radius 1 is 1.07 bits per heavy atom. The van der Waals surface area contributed by atoms with Crippen LogP contribution in [0.2, 0.25) is 0 Å². The van der Waals surface area contributed by atoms with Gasteiger partial charge in [-0.3, -0.25) is 4.99 Å². The summed E-state index contributed by atoms with van der Waals surface area (Å²) in [6, 6.07) is 8.60. The second-order valence-electron chi connectivity index (χ2n) is 9.25. The van der Waals surface area contributed by atoms with Gasteiger partial charge in [0.2, 0.25) is 0 Å². The Balaban J connectivity index is 0.00000256. The van der Waals surface area contributed by atoms with Crippen molar-refractivity contribution in [2.75, 3.05) is 47.0 Å². The summed E-state index contributed by atoms with van der Waals surface area (Å²) in [5, 5.41) is 3.76. The van der Waals surface area contributed by atoms with Crippen LogP contribution in [0.25, 0.3) is 0 Å². The monoisotopic (exact) mass is 527 g/mol. The smallest absolute Gasteiger partial charge is 0.193 e. The first-order valence-corrected chi connectivity index (χ1v) is 11.4. The first-order valence-electron chi connectivity index (χ1n) is 11.4. The van der Waals surface area contributed by atoms with Crippen molar-refractivity contribution in [3.8, 4) is 5.75 Å². The van der Waals surface area contributed by atoms with E-state index in [9.17, 15) is 0 Å². The van der Waals surface area contributed by atoms with Crippen molar-refractivity contribution in [1.82, 2.24) is 10.2 Å². The van der Waals surface area contributed by atoms with E-state index in [0.29, 0.717) is 5.41 Å². The third-order valence-corrected chi connectivity index (χ3v) is 7.60. The van der Waals surface area contributed by atoms with Crippen LogP contribution in [0.15, 0.2) is 29.3 Å². The number of guanidine groups is 1. The minimum Gasteiger partial charge on any atom is -0.497 e. The van der Waals surface area contributed by atoms with E-state index in [1.807, 2.05) is 7.05 Å². The molecule has 1 spiro atoms. The number of rotatable bonds is 4. The molecule has 2 saturated heterocycles. The molecule has 2 heterocycles. The van der Waals surface area contributed by atoms with Gasteiger partial charge in [-0.1, -0.05) is 31.4 Å². The number of aliphatic imine (C=N–C) groups is 1. The van der Waals surface area contributed by atoms with Gasteiger partial charge in [-0.2, -0.15) is 0 Å². The molecule has 0 unspecified atom stereocenters. The quantitative estimate of drug-likeness (QED) is 0.354. The SMILES string of the molecule is CN=C(NCC1(c2ccc(OC)cc2)CCOCC1)N1CCC2(CCCCC2)C1.I. The van der Waals surface area contributed by atoms with Crippen LogP contribution < -0.4 is 10.1 Å². The van der Waals surface area contributed by atoms with Gasteiger partial charge in [0, 0.05) is 45.3 Å². The molecular weight excluding hydrogens is 489 g/mol. The molecule has 3 aliphatic rings. The summed E-state index contributed by atoms with van der Waals surface area (Å²) in [4.78, 5) is 7.17. The molecule has 30 heavy (non-hydrogen) atoms. The second kappa shape index (κ2) is 10.5. The normalized spacial score (nSPS) is 23.1. The van der Waals surface area contributed by atoms with Crippen molar-refractivity contribution in [2.45, 2.75) is 56.8 Å². The van der Waals surface area contributed by atoms with Crippen molar-refractivity contribution in [3.05, 3.63) is 29.8 Å². The van der Waals surface area contributed by atoms with Crippen molar-refractivity contribution < 1.29 is 9.47 Å². The number of hydrogen-bond acceptors (Lipinski definition) is 3. The van der Waals surface area contributed by atoms with Crippen LogP contribution in [0, 0.1) is 5.41 Å². The Morgan fingerprint density at radius 2 is 1.77 bits per heavy atom. The average molecular weight is 527 g/mol. The number of benzene rings is 1. The van der Waals surface area contributed by atoms with Gasteiger partial charge in [0.05, 0.1) is 7.11 Å². The highest BCUT2D eigenvalue weighted by atomic mass is 127. The van der Waals surface area contributed by atoms with Crippen LogP contribution in [-0.2, 0) is 10.2 Å². The molecule has 1 aliphatic carbocycles. The highest BCUT2D eigenvalue weighted by Gasteiger charge is 2.40. The van der Waals surface area contributed by atoms with Crippen LogP contribution in [0.3, 0.4) is 0 Å². The Morgan fingerprint density at radius 3 is 2.40 bits per heavy atom. The molecule has 0 aromatic heterocycles. The van der Waals surface area contributed by atoms with Gasteiger partial charge in [-0.25, -0.2) is 0 Å². The lowest BCUT2D eigenvalue weighted by Gasteiger charge is -2.39. The van der Waals surface area contributed by atoms with Crippen molar-refractivity contribution in [2.24, 2.45) is 10.4 Å². The van der Waals surface area contributed by atoms with Gasteiger partial charge in [0.1, 0.15) is 5.75 Å². The molecule has 2 aliphatic heterocycles. The van der Waals surface area contributed by atoms with E-state index in [2.05, 4.69) is 39.5 Å². The summed E-state index contributed by atoms with van der Waals surface area (Å²) < 4.78 is 11.1. The van der Waals surface area contributed by atoms with Gasteiger partial charge < -0.3 is 19.7 Å². The molecule has 1 N–H and O–H groups in total. The number of likely N-dealkylation sites (tertiary alicyclic amines) is 1. The zero-order chi connectivity index (χ0) is 20.2. The van der Waals surface area contributed by atoms with Crippen LogP contribution >= 0.6 is 24.0 Å². The lowest BCUT2D eigenvalue weighted by Crippen LogP contribution is -2.49. The summed E-state index contributed by atoms with van der Waals surface area (Å²) in [5.41, 5.74) is 2.00. The fourth-order valence-corrected chi connectivity index (χ4v) is 5.68. The molecule has 0 atom stereocenters. The molecule has 6 heteroatoms. The van der Waals surface area contributed by atoms with E-state index in [0.717, 1.165) is 50.9 Å². The molecule has 3 fully saturated rings. The van der Waals surface area contributed by atoms with Gasteiger partial charge in [0.15, 0.2) is 5.96 Å². The largest absolute Gasteiger partial charge is 0.497 e. The summed E-state index contributed by atoms with van der Waals surface area (Å²) >= 11 is 0. The third kappa shape index (κ3) is 5.06. The van der Waals surface area contributed by atoms with Gasteiger partial charge >= 0.3 is 0 Å². The van der Waals surface area contributed by atoms with E-state index in [1.54, 1.807) is 7.11 Å². The van der Waals surface area contributed by atoms with E-state index in [1.165, 1.54) is 50.6 Å². The topological polar surface area (TPSA) is 46.1 Å². The fourth-order valence-electron chi connectivity index (χ4n) is 5.68. The average Bonchev–Trinajstić information content (AvgIpc) is 3.18. The molecule has 168 valence electrons. The highest BCUT2D eigenvalue weighted by molar-refractivity contribution is 14.0. The molecule has 1 saturated carbocycles. The van der Waals surface area contributed by atoms with Gasteiger partial charge in [0.25, 0.3) is 0 Å². The minimum absolute atomic E-state index is 0. The van der Waals surface area contributed by atoms with Crippen molar-refractivity contribution >= 4 is 29.9 Å². The first-order chi connectivity index (χ1) is 14.2. The molecule has 5 nitrogen and oxygen atoms in total. The van der Waals surface area contributed by atoms with E-state index in [-0.39, 0.29) is 29.4 Å². The molecule has 4 rings (SSSR count). The predicted molar refractivity (Wildman–Crippen MR) is 133 cm³/mol. The number of halogens is 1. The maximum absolute atomic E-state index is 5.71. The standard InChI is InChI=1S/C24H37N3O2.HI/c1-25-22(27-15-12-23(19-27)10-4-3-5-11-23)26-18-24(13-16-29-17-14-24)20-6-8-21(28-2)9-7-20;/h6-9H,3-5,10-19H2,1-2H3,(H,25,26);1H. The molecular formula is C24H38IN3O2. The van der Waals surface area contributed by atoms with E-state index < -0.39 is 0 Å². The first kappa shape index (κ1) is 23.6. The maximum Gasteiger partial charge on any atom is 0.193 e. The summed E-state index contributed by atoms with van der Waals surface area (Å²) in [6.07, 6.45) is 10.4. The molecule has 0 bridgehead atoms.